The number of amides is 2. The van der Waals surface area contributed by atoms with Gasteiger partial charge >= 0.3 is 0 Å². The molecule has 0 aliphatic rings. The molecule has 0 bridgehead atoms. The predicted molar refractivity (Wildman–Crippen MR) is 128 cm³/mol. The van der Waals surface area contributed by atoms with Crippen molar-refractivity contribution in [1.82, 2.24) is 15.6 Å². The van der Waals surface area contributed by atoms with Gasteiger partial charge in [-0.1, -0.05) is 60.1 Å². The highest BCUT2D eigenvalue weighted by atomic mass is 35.5. The Kier molecular flexibility index (Phi) is 6.68. The molecule has 3 aromatic carbocycles. The van der Waals surface area contributed by atoms with Crippen LogP contribution in [0.5, 0.6) is 0 Å². The Morgan fingerprint density at radius 2 is 1.72 bits per heavy atom. The summed E-state index contributed by atoms with van der Waals surface area (Å²) in [6.45, 7) is 0.408. The molecule has 32 heavy (non-hydrogen) atoms. The molecule has 0 fully saturated rings. The standard InChI is InChI=1S/C26H22ClN3O2/c27-21-10-6-7-18(15-21)13-14-28-26(32)24(30-25(31)19-8-2-1-3-9-19)16-20-17-29-23-12-5-4-11-22(20)23/h1-12,15-17,29H,13-14H2,(H,28,32)(H,30,31)/b24-16+. The van der Waals surface area contributed by atoms with Crippen molar-refractivity contribution in [3.63, 3.8) is 0 Å². The van der Waals surface area contributed by atoms with Crippen molar-refractivity contribution in [1.29, 1.82) is 0 Å². The first-order valence-electron chi connectivity index (χ1n) is 10.3. The van der Waals surface area contributed by atoms with E-state index in [1.807, 2.05) is 60.8 Å². The molecule has 5 nitrogen and oxygen atoms in total. The van der Waals surface area contributed by atoms with Crippen LogP contribution in [0.2, 0.25) is 5.02 Å². The quantitative estimate of drug-likeness (QED) is 0.353. The van der Waals surface area contributed by atoms with Crippen molar-refractivity contribution in [3.05, 3.63) is 112 Å². The summed E-state index contributed by atoms with van der Waals surface area (Å²) in [5, 5.41) is 7.28. The highest BCUT2D eigenvalue weighted by Gasteiger charge is 2.15. The number of benzene rings is 3. The molecule has 0 aliphatic heterocycles. The Morgan fingerprint density at radius 3 is 2.53 bits per heavy atom. The van der Waals surface area contributed by atoms with E-state index < -0.39 is 0 Å². The Bertz CT molecular complexity index is 1280. The molecule has 1 aromatic heterocycles. The molecule has 0 unspecified atom stereocenters. The predicted octanol–water partition coefficient (Wildman–Crippen LogP) is 4.95. The summed E-state index contributed by atoms with van der Waals surface area (Å²) in [5.41, 5.74) is 3.44. The minimum absolute atomic E-state index is 0.176. The fourth-order valence-electron chi connectivity index (χ4n) is 3.42. The zero-order valence-electron chi connectivity index (χ0n) is 17.3. The average molecular weight is 444 g/mol. The number of rotatable bonds is 7. The van der Waals surface area contributed by atoms with E-state index in [0.29, 0.717) is 23.6 Å². The van der Waals surface area contributed by atoms with E-state index in [4.69, 9.17) is 11.6 Å². The third-order valence-electron chi connectivity index (χ3n) is 5.04. The highest BCUT2D eigenvalue weighted by molar-refractivity contribution is 6.30. The highest BCUT2D eigenvalue weighted by Crippen LogP contribution is 2.20. The molecule has 0 saturated carbocycles. The molecule has 0 atom stereocenters. The summed E-state index contributed by atoms with van der Waals surface area (Å²) < 4.78 is 0. The number of carbonyl (C=O) groups excluding carboxylic acids is 2. The molecule has 0 aliphatic carbocycles. The van der Waals surface area contributed by atoms with Gasteiger partial charge in [-0.05, 0) is 48.4 Å². The van der Waals surface area contributed by atoms with Gasteiger partial charge in [-0.25, -0.2) is 0 Å². The zero-order chi connectivity index (χ0) is 22.3. The number of aromatic nitrogens is 1. The number of aromatic amines is 1. The summed E-state index contributed by atoms with van der Waals surface area (Å²) in [7, 11) is 0. The number of fused-ring (bicyclic) bond motifs is 1. The van der Waals surface area contributed by atoms with Crippen molar-refractivity contribution in [2.75, 3.05) is 6.54 Å². The lowest BCUT2D eigenvalue weighted by molar-refractivity contribution is -0.117. The van der Waals surface area contributed by atoms with E-state index in [2.05, 4.69) is 15.6 Å². The molecule has 0 saturated heterocycles. The number of nitrogens with one attached hydrogen (secondary N) is 3. The number of carbonyl (C=O) groups is 2. The minimum atomic E-state index is -0.360. The van der Waals surface area contributed by atoms with Gasteiger partial charge in [0.15, 0.2) is 0 Å². The molecule has 0 radical (unpaired) electrons. The number of para-hydroxylation sites is 1. The molecule has 1 heterocycles. The van der Waals surface area contributed by atoms with Gasteiger partial charge < -0.3 is 15.6 Å². The molecule has 6 heteroatoms. The van der Waals surface area contributed by atoms with Gasteiger partial charge in [-0.2, -0.15) is 0 Å². The van der Waals surface area contributed by atoms with E-state index in [9.17, 15) is 9.59 Å². The molecule has 4 rings (SSSR count). The van der Waals surface area contributed by atoms with Crippen LogP contribution in [0.15, 0.2) is 90.8 Å². The molecule has 4 aromatic rings. The second kappa shape index (κ2) is 9.98. The molecule has 3 N–H and O–H groups in total. The van der Waals surface area contributed by atoms with Crippen molar-refractivity contribution in [3.8, 4) is 0 Å². The van der Waals surface area contributed by atoms with Crippen LogP contribution in [-0.2, 0) is 11.2 Å². The van der Waals surface area contributed by atoms with E-state index in [-0.39, 0.29) is 17.5 Å². The molecular formula is C26H22ClN3O2. The molecule has 0 spiro atoms. The monoisotopic (exact) mass is 443 g/mol. The first-order chi connectivity index (χ1) is 15.6. The van der Waals surface area contributed by atoms with Crippen LogP contribution >= 0.6 is 11.6 Å². The summed E-state index contributed by atoms with van der Waals surface area (Å²) in [6.07, 6.45) is 4.13. The lowest BCUT2D eigenvalue weighted by atomic mass is 10.1. The third-order valence-corrected chi connectivity index (χ3v) is 5.27. The van der Waals surface area contributed by atoms with Crippen LogP contribution in [0.4, 0.5) is 0 Å². The maximum absolute atomic E-state index is 13.0. The molecular weight excluding hydrogens is 422 g/mol. The fourth-order valence-corrected chi connectivity index (χ4v) is 3.63. The Balaban J connectivity index is 1.55. The maximum Gasteiger partial charge on any atom is 0.267 e. The van der Waals surface area contributed by atoms with E-state index in [0.717, 1.165) is 22.0 Å². The van der Waals surface area contributed by atoms with Crippen LogP contribution in [0.25, 0.3) is 17.0 Å². The largest absolute Gasteiger partial charge is 0.361 e. The van der Waals surface area contributed by atoms with Crippen LogP contribution in [-0.4, -0.2) is 23.3 Å². The summed E-state index contributed by atoms with van der Waals surface area (Å²) in [5.74, 6) is -0.705. The summed E-state index contributed by atoms with van der Waals surface area (Å²) in [6, 6.07) is 24.1. The number of halogens is 1. The van der Waals surface area contributed by atoms with Crippen molar-refractivity contribution < 1.29 is 9.59 Å². The summed E-state index contributed by atoms with van der Waals surface area (Å²) in [4.78, 5) is 28.9. The molecule has 160 valence electrons. The zero-order valence-corrected chi connectivity index (χ0v) is 18.0. The van der Waals surface area contributed by atoms with Gasteiger partial charge in [0.1, 0.15) is 5.70 Å². The van der Waals surface area contributed by atoms with Gasteiger partial charge in [0.05, 0.1) is 0 Å². The van der Waals surface area contributed by atoms with Gasteiger partial charge in [-0.15, -0.1) is 0 Å². The van der Waals surface area contributed by atoms with Crippen molar-refractivity contribution >= 4 is 40.4 Å². The van der Waals surface area contributed by atoms with Crippen molar-refractivity contribution in [2.24, 2.45) is 0 Å². The van der Waals surface area contributed by atoms with Gasteiger partial charge in [0.25, 0.3) is 11.8 Å². The smallest absolute Gasteiger partial charge is 0.267 e. The van der Waals surface area contributed by atoms with Gasteiger partial charge in [-0.3, -0.25) is 9.59 Å². The van der Waals surface area contributed by atoms with Crippen LogP contribution in [0.1, 0.15) is 21.5 Å². The van der Waals surface area contributed by atoms with Crippen LogP contribution < -0.4 is 10.6 Å². The lowest BCUT2D eigenvalue weighted by Gasteiger charge is -2.11. The van der Waals surface area contributed by atoms with Crippen LogP contribution in [0, 0.1) is 0 Å². The third kappa shape index (κ3) is 5.25. The average Bonchev–Trinajstić information content (AvgIpc) is 3.22. The van der Waals surface area contributed by atoms with Gasteiger partial charge in [0, 0.05) is 39.8 Å². The first kappa shape index (κ1) is 21.4. The van der Waals surface area contributed by atoms with E-state index in [1.54, 1.807) is 30.3 Å². The maximum atomic E-state index is 13.0. The van der Waals surface area contributed by atoms with Gasteiger partial charge in [0.2, 0.25) is 0 Å². The number of H-pyrrole nitrogens is 1. The topological polar surface area (TPSA) is 74.0 Å². The van der Waals surface area contributed by atoms with Crippen LogP contribution in [0.3, 0.4) is 0 Å². The second-order valence-electron chi connectivity index (χ2n) is 7.30. The van der Waals surface area contributed by atoms with E-state index in [1.165, 1.54) is 0 Å². The number of hydrogen-bond donors (Lipinski definition) is 3. The first-order valence-corrected chi connectivity index (χ1v) is 10.6. The summed E-state index contributed by atoms with van der Waals surface area (Å²) >= 11 is 6.03. The lowest BCUT2D eigenvalue weighted by Crippen LogP contribution is -2.35. The van der Waals surface area contributed by atoms with Crippen molar-refractivity contribution in [2.45, 2.75) is 6.42 Å². The molecule has 2 amide bonds. The second-order valence-corrected chi connectivity index (χ2v) is 7.74. The normalized spacial score (nSPS) is 11.3. The SMILES string of the molecule is O=C(NCCc1cccc(Cl)c1)/C(=C\c1c[nH]c2ccccc12)NC(=O)c1ccccc1. The number of hydrogen-bond acceptors (Lipinski definition) is 2. The Morgan fingerprint density at radius 1 is 0.938 bits per heavy atom. The Labute approximate surface area is 191 Å². The minimum Gasteiger partial charge on any atom is -0.361 e. The van der Waals surface area contributed by atoms with E-state index >= 15 is 0 Å². The Hall–Kier alpha value is -3.83. The fraction of sp³-hybridized carbons (Fsp3) is 0.0769.